The highest BCUT2D eigenvalue weighted by Crippen LogP contribution is 2.31. The van der Waals surface area contributed by atoms with Crippen LogP contribution in [0.3, 0.4) is 0 Å². The van der Waals surface area contributed by atoms with Crippen molar-refractivity contribution in [1.29, 1.82) is 0 Å². The summed E-state index contributed by atoms with van der Waals surface area (Å²) in [5.74, 6) is 0.157. The predicted octanol–water partition coefficient (Wildman–Crippen LogP) is 5.96. The van der Waals surface area contributed by atoms with Crippen molar-refractivity contribution in [2.24, 2.45) is 0 Å². The largest absolute Gasteiger partial charge is 0.493 e. The van der Waals surface area contributed by atoms with Crippen LogP contribution in [0.5, 0.6) is 5.75 Å². The molecule has 6 heteroatoms. The Morgan fingerprint density at radius 2 is 1.82 bits per heavy atom. The Hall–Kier alpha value is -4.24. The lowest BCUT2D eigenvalue weighted by Gasteiger charge is -2.12. The fraction of sp³-hybridized carbons (Fsp3) is 0.148. The van der Waals surface area contributed by atoms with Crippen LogP contribution in [-0.2, 0) is 6.42 Å². The van der Waals surface area contributed by atoms with Crippen LogP contribution in [0.2, 0.25) is 0 Å². The minimum atomic E-state index is -0.314. The van der Waals surface area contributed by atoms with E-state index in [4.69, 9.17) is 16.3 Å². The zero-order valence-corrected chi connectivity index (χ0v) is 18.1. The molecule has 0 aliphatic carbocycles. The molecule has 1 N–H and O–H groups in total. The lowest BCUT2D eigenvalue weighted by atomic mass is 10.1. The minimum Gasteiger partial charge on any atom is -0.493 e. The summed E-state index contributed by atoms with van der Waals surface area (Å²) in [6.45, 7) is 9.87. The quantitative estimate of drug-likeness (QED) is 0.361. The number of nitrogens with zero attached hydrogens (tertiary/aromatic N) is 2. The summed E-state index contributed by atoms with van der Waals surface area (Å²) in [7, 11) is 0. The van der Waals surface area contributed by atoms with Crippen LogP contribution in [0.1, 0.15) is 22.8 Å². The van der Waals surface area contributed by atoms with Crippen molar-refractivity contribution in [3.05, 3.63) is 101 Å². The second kappa shape index (κ2) is 9.92. The van der Waals surface area contributed by atoms with E-state index in [-0.39, 0.29) is 11.7 Å². The van der Waals surface area contributed by atoms with Gasteiger partial charge in [0.25, 0.3) is 5.91 Å². The molecule has 1 amide bonds. The number of fused-ring (bicyclic) bond motifs is 1. The van der Waals surface area contributed by atoms with Gasteiger partial charge in [-0.25, -0.2) is 14.2 Å². The molecule has 3 aromatic carbocycles. The molecule has 0 fully saturated rings. The third-order valence-electron chi connectivity index (χ3n) is 5.24. The molecule has 1 heterocycles. The monoisotopic (exact) mass is 439 g/mol. The Labute approximate surface area is 191 Å². The standard InChI is InChI=1S/C27H22FN3O2/c1-3-33-26-17-24(19-6-9-21(28)10-7-19)31-25-16-20(8-13-23(25)26)27(32)30-15-14-18-4-11-22(29-2)12-5-18/h4-13,16-17H,3,14-15H2,1H3,(H,30,32). The van der Waals surface area contributed by atoms with Gasteiger partial charge in [0.1, 0.15) is 11.6 Å². The number of hydrogen-bond acceptors (Lipinski definition) is 3. The van der Waals surface area contributed by atoms with Gasteiger partial charge in [-0.05, 0) is 61.4 Å². The van der Waals surface area contributed by atoms with Gasteiger partial charge < -0.3 is 10.1 Å². The molecule has 0 saturated heterocycles. The van der Waals surface area contributed by atoms with Gasteiger partial charge in [0, 0.05) is 29.1 Å². The molecule has 0 saturated carbocycles. The Morgan fingerprint density at radius 3 is 2.52 bits per heavy atom. The molecule has 5 nitrogen and oxygen atoms in total. The molecule has 33 heavy (non-hydrogen) atoms. The van der Waals surface area contributed by atoms with Gasteiger partial charge in [-0.3, -0.25) is 4.79 Å². The zero-order valence-electron chi connectivity index (χ0n) is 18.1. The van der Waals surface area contributed by atoms with E-state index >= 15 is 0 Å². The van der Waals surface area contributed by atoms with Crippen LogP contribution in [0.15, 0.2) is 72.8 Å². The summed E-state index contributed by atoms with van der Waals surface area (Å²) in [5, 5.41) is 3.74. The molecular weight excluding hydrogens is 417 g/mol. The summed E-state index contributed by atoms with van der Waals surface area (Å²) in [5.41, 5.74) is 4.18. The van der Waals surface area contributed by atoms with E-state index in [0.717, 1.165) is 16.5 Å². The van der Waals surface area contributed by atoms with Crippen molar-refractivity contribution in [3.63, 3.8) is 0 Å². The molecular formula is C27H22FN3O2. The number of amides is 1. The van der Waals surface area contributed by atoms with E-state index in [2.05, 4.69) is 10.2 Å². The van der Waals surface area contributed by atoms with E-state index in [1.165, 1.54) is 12.1 Å². The fourth-order valence-electron chi connectivity index (χ4n) is 3.54. The lowest BCUT2D eigenvalue weighted by molar-refractivity contribution is 0.0954. The maximum atomic E-state index is 13.3. The van der Waals surface area contributed by atoms with Gasteiger partial charge in [-0.15, -0.1) is 0 Å². The van der Waals surface area contributed by atoms with Crippen molar-refractivity contribution in [3.8, 4) is 17.0 Å². The number of hydrogen-bond donors (Lipinski definition) is 1. The maximum Gasteiger partial charge on any atom is 0.251 e. The van der Waals surface area contributed by atoms with E-state index in [0.29, 0.717) is 47.8 Å². The molecule has 0 spiro atoms. The van der Waals surface area contributed by atoms with Crippen molar-refractivity contribution >= 4 is 22.5 Å². The summed E-state index contributed by atoms with van der Waals surface area (Å²) in [4.78, 5) is 20.8. The van der Waals surface area contributed by atoms with Crippen molar-refractivity contribution in [2.45, 2.75) is 13.3 Å². The number of benzene rings is 3. The molecule has 0 radical (unpaired) electrons. The van der Waals surface area contributed by atoms with E-state index in [1.54, 1.807) is 36.4 Å². The van der Waals surface area contributed by atoms with Gasteiger partial charge in [0.15, 0.2) is 5.69 Å². The Balaban J connectivity index is 1.55. The Bertz CT molecular complexity index is 1330. The lowest BCUT2D eigenvalue weighted by Crippen LogP contribution is -2.25. The normalized spacial score (nSPS) is 10.6. The molecule has 0 atom stereocenters. The first-order valence-corrected chi connectivity index (χ1v) is 10.7. The number of carbonyl (C=O) groups excluding carboxylic acids is 1. The molecule has 0 aliphatic rings. The second-order valence-electron chi connectivity index (χ2n) is 7.46. The van der Waals surface area contributed by atoms with Crippen LogP contribution in [0.25, 0.3) is 27.0 Å². The number of halogens is 1. The number of rotatable bonds is 7. The van der Waals surface area contributed by atoms with Gasteiger partial charge >= 0.3 is 0 Å². The van der Waals surface area contributed by atoms with Crippen molar-refractivity contribution in [2.75, 3.05) is 13.2 Å². The minimum absolute atomic E-state index is 0.193. The van der Waals surface area contributed by atoms with E-state index in [1.807, 2.05) is 31.2 Å². The summed E-state index contributed by atoms with van der Waals surface area (Å²) in [6, 6.07) is 20.6. The third-order valence-corrected chi connectivity index (χ3v) is 5.24. The molecule has 1 aromatic heterocycles. The van der Waals surface area contributed by atoms with E-state index < -0.39 is 0 Å². The maximum absolute atomic E-state index is 13.3. The molecule has 4 aromatic rings. The first-order chi connectivity index (χ1) is 16.1. The number of carbonyl (C=O) groups is 1. The van der Waals surface area contributed by atoms with Crippen LogP contribution >= 0.6 is 0 Å². The van der Waals surface area contributed by atoms with E-state index in [9.17, 15) is 9.18 Å². The van der Waals surface area contributed by atoms with Crippen molar-refractivity contribution in [1.82, 2.24) is 10.3 Å². The van der Waals surface area contributed by atoms with Crippen LogP contribution in [0.4, 0.5) is 10.1 Å². The van der Waals surface area contributed by atoms with Crippen LogP contribution < -0.4 is 10.1 Å². The number of nitrogens with one attached hydrogen (secondary N) is 1. The first-order valence-electron chi connectivity index (χ1n) is 10.7. The Kier molecular flexibility index (Phi) is 6.61. The molecule has 4 rings (SSSR count). The highest BCUT2D eigenvalue weighted by Gasteiger charge is 2.12. The average molecular weight is 439 g/mol. The molecule has 0 aliphatic heterocycles. The molecule has 0 unspecified atom stereocenters. The highest BCUT2D eigenvalue weighted by molar-refractivity contribution is 5.99. The van der Waals surface area contributed by atoms with Crippen molar-refractivity contribution < 1.29 is 13.9 Å². The average Bonchev–Trinajstić information content (AvgIpc) is 2.84. The SMILES string of the molecule is [C-]#[N+]c1ccc(CCNC(=O)c2ccc3c(OCC)cc(-c4ccc(F)cc4)nc3c2)cc1. The summed E-state index contributed by atoms with van der Waals surface area (Å²) < 4.78 is 19.1. The number of aromatic nitrogens is 1. The number of ether oxygens (including phenoxy) is 1. The smallest absolute Gasteiger partial charge is 0.251 e. The van der Waals surface area contributed by atoms with Gasteiger partial charge in [-0.2, -0.15) is 0 Å². The topological polar surface area (TPSA) is 55.6 Å². The van der Waals surface area contributed by atoms with Gasteiger partial charge in [-0.1, -0.05) is 24.3 Å². The second-order valence-corrected chi connectivity index (χ2v) is 7.46. The summed E-state index contributed by atoms with van der Waals surface area (Å²) in [6.07, 6.45) is 0.666. The predicted molar refractivity (Wildman–Crippen MR) is 127 cm³/mol. The zero-order chi connectivity index (χ0) is 23.2. The number of pyridine rings is 1. The molecule has 0 bridgehead atoms. The summed E-state index contributed by atoms with van der Waals surface area (Å²) >= 11 is 0. The fourth-order valence-corrected chi connectivity index (χ4v) is 3.54. The first kappa shape index (κ1) is 22.0. The van der Waals surface area contributed by atoms with Gasteiger partial charge in [0.05, 0.1) is 24.4 Å². The van der Waals surface area contributed by atoms with Crippen LogP contribution in [0, 0.1) is 12.4 Å². The Morgan fingerprint density at radius 1 is 1.06 bits per heavy atom. The third kappa shape index (κ3) is 5.16. The van der Waals surface area contributed by atoms with Gasteiger partial charge in [0.2, 0.25) is 0 Å². The molecule has 164 valence electrons. The van der Waals surface area contributed by atoms with Crippen LogP contribution in [-0.4, -0.2) is 24.0 Å². The highest BCUT2D eigenvalue weighted by atomic mass is 19.1.